The third-order valence-electron chi connectivity index (χ3n) is 4.60. The Morgan fingerprint density at radius 1 is 1.11 bits per heavy atom. The number of hydrogen-bond acceptors (Lipinski definition) is 4. The highest BCUT2D eigenvalue weighted by molar-refractivity contribution is 5.86. The van der Waals surface area contributed by atoms with Crippen LogP contribution in [0.25, 0.3) is 0 Å². The van der Waals surface area contributed by atoms with Crippen LogP contribution >= 0.6 is 0 Å². The van der Waals surface area contributed by atoms with Crippen LogP contribution in [0.5, 0.6) is 5.75 Å². The SMILES string of the molecule is COc1cccc(CNC(=O)[C@H]2CCCN2C(=O)OCc2ccccc2)c1. The molecule has 1 aliphatic rings. The van der Waals surface area contributed by atoms with Crippen LogP contribution in [-0.2, 0) is 22.7 Å². The Bertz CT molecular complexity index is 779. The highest BCUT2D eigenvalue weighted by Gasteiger charge is 2.34. The Kier molecular flexibility index (Phi) is 6.30. The summed E-state index contributed by atoms with van der Waals surface area (Å²) < 4.78 is 10.6. The maximum absolute atomic E-state index is 12.6. The number of hydrogen-bond donors (Lipinski definition) is 1. The zero-order valence-electron chi connectivity index (χ0n) is 15.4. The van der Waals surface area contributed by atoms with Crippen LogP contribution in [-0.4, -0.2) is 36.6 Å². The van der Waals surface area contributed by atoms with Gasteiger partial charge in [0.15, 0.2) is 0 Å². The number of carbonyl (C=O) groups excluding carboxylic acids is 2. The summed E-state index contributed by atoms with van der Waals surface area (Å²) >= 11 is 0. The molecule has 27 heavy (non-hydrogen) atoms. The summed E-state index contributed by atoms with van der Waals surface area (Å²) in [5, 5.41) is 2.91. The van der Waals surface area contributed by atoms with Crippen LogP contribution in [0.3, 0.4) is 0 Å². The normalized spacial score (nSPS) is 16.0. The van der Waals surface area contributed by atoms with Crippen LogP contribution in [0.4, 0.5) is 4.79 Å². The van der Waals surface area contributed by atoms with E-state index in [0.29, 0.717) is 19.5 Å². The summed E-state index contributed by atoms with van der Waals surface area (Å²) in [6.45, 7) is 1.12. The zero-order chi connectivity index (χ0) is 19.1. The van der Waals surface area contributed by atoms with Gasteiger partial charge in [-0.1, -0.05) is 42.5 Å². The van der Waals surface area contributed by atoms with Crippen LogP contribution in [0, 0.1) is 0 Å². The summed E-state index contributed by atoms with van der Waals surface area (Å²) in [6, 6.07) is 16.5. The minimum Gasteiger partial charge on any atom is -0.497 e. The summed E-state index contributed by atoms with van der Waals surface area (Å²) in [5.41, 5.74) is 1.86. The van der Waals surface area contributed by atoms with E-state index in [2.05, 4.69) is 5.32 Å². The molecule has 142 valence electrons. The van der Waals surface area contributed by atoms with Crippen molar-refractivity contribution in [3.63, 3.8) is 0 Å². The van der Waals surface area contributed by atoms with Gasteiger partial charge in [0.05, 0.1) is 7.11 Å². The molecule has 1 N–H and O–H groups in total. The lowest BCUT2D eigenvalue weighted by Crippen LogP contribution is -2.45. The van der Waals surface area contributed by atoms with Crippen molar-refractivity contribution < 1.29 is 19.1 Å². The second-order valence-corrected chi connectivity index (χ2v) is 6.46. The van der Waals surface area contributed by atoms with Crippen molar-refractivity contribution >= 4 is 12.0 Å². The lowest BCUT2D eigenvalue weighted by Gasteiger charge is -2.23. The van der Waals surface area contributed by atoms with Crippen molar-refractivity contribution in [1.29, 1.82) is 0 Å². The van der Waals surface area contributed by atoms with E-state index in [-0.39, 0.29) is 12.5 Å². The van der Waals surface area contributed by atoms with Crippen LogP contribution in [0.1, 0.15) is 24.0 Å². The molecule has 0 bridgehead atoms. The molecule has 0 saturated carbocycles. The molecule has 1 atom stereocenters. The number of methoxy groups -OCH3 is 1. The summed E-state index contributed by atoms with van der Waals surface area (Å²) in [5.74, 6) is 0.584. The molecule has 1 fully saturated rings. The van der Waals surface area contributed by atoms with Gasteiger partial charge in [-0.25, -0.2) is 4.79 Å². The first kappa shape index (κ1) is 18.8. The molecule has 0 aromatic heterocycles. The molecule has 6 heteroatoms. The highest BCUT2D eigenvalue weighted by Crippen LogP contribution is 2.19. The van der Waals surface area contributed by atoms with Gasteiger partial charge < -0.3 is 14.8 Å². The zero-order valence-corrected chi connectivity index (χ0v) is 15.4. The van der Waals surface area contributed by atoms with Crippen LogP contribution in [0.15, 0.2) is 54.6 Å². The number of benzene rings is 2. The fourth-order valence-electron chi connectivity index (χ4n) is 3.15. The Morgan fingerprint density at radius 2 is 1.89 bits per heavy atom. The van der Waals surface area contributed by atoms with E-state index in [4.69, 9.17) is 9.47 Å². The first-order chi connectivity index (χ1) is 13.2. The van der Waals surface area contributed by atoms with Crippen LogP contribution in [0.2, 0.25) is 0 Å². The number of amides is 2. The minimum absolute atomic E-state index is 0.160. The van der Waals surface area contributed by atoms with E-state index in [1.54, 1.807) is 7.11 Å². The first-order valence-corrected chi connectivity index (χ1v) is 9.05. The van der Waals surface area contributed by atoms with Gasteiger partial charge in [-0.3, -0.25) is 9.69 Å². The van der Waals surface area contributed by atoms with E-state index in [0.717, 1.165) is 23.3 Å². The molecular formula is C21H24N2O4. The Labute approximate surface area is 159 Å². The lowest BCUT2D eigenvalue weighted by atomic mass is 10.2. The topological polar surface area (TPSA) is 67.9 Å². The number of nitrogens with one attached hydrogen (secondary N) is 1. The fraction of sp³-hybridized carbons (Fsp3) is 0.333. The summed E-state index contributed by atoms with van der Waals surface area (Å²) in [6.07, 6.45) is 0.986. The highest BCUT2D eigenvalue weighted by atomic mass is 16.6. The van der Waals surface area contributed by atoms with Crippen molar-refractivity contribution in [3.05, 3.63) is 65.7 Å². The molecule has 0 unspecified atom stereocenters. The van der Waals surface area contributed by atoms with E-state index < -0.39 is 12.1 Å². The molecule has 1 aliphatic heterocycles. The third kappa shape index (κ3) is 5.00. The number of ether oxygens (including phenoxy) is 2. The lowest BCUT2D eigenvalue weighted by molar-refractivity contribution is -0.125. The van der Waals surface area contributed by atoms with Gasteiger partial charge in [-0.15, -0.1) is 0 Å². The average molecular weight is 368 g/mol. The van der Waals surface area contributed by atoms with Gasteiger partial charge in [0, 0.05) is 13.1 Å². The molecule has 0 spiro atoms. The van der Waals surface area contributed by atoms with Gasteiger partial charge in [-0.05, 0) is 36.1 Å². The molecule has 2 aromatic rings. The predicted molar refractivity (Wildman–Crippen MR) is 101 cm³/mol. The maximum atomic E-state index is 12.6. The van der Waals surface area contributed by atoms with Gasteiger partial charge >= 0.3 is 6.09 Å². The van der Waals surface area contributed by atoms with Crippen molar-refractivity contribution in [1.82, 2.24) is 10.2 Å². The second kappa shape index (κ2) is 9.07. The predicted octanol–water partition coefficient (Wildman–Crippen LogP) is 3.11. The average Bonchev–Trinajstić information content (AvgIpc) is 3.21. The molecule has 2 aromatic carbocycles. The maximum Gasteiger partial charge on any atom is 0.410 e. The third-order valence-corrected chi connectivity index (χ3v) is 4.60. The van der Waals surface area contributed by atoms with Crippen molar-refractivity contribution in [3.8, 4) is 5.75 Å². The molecule has 0 aliphatic carbocycles. The standard InChI is InChI=1S/C21H24N2O4/c1-26-18-10-5-9-17(13-18)14-22-20(24)19-11-6-12-23(19)21(25)27-15-16-7-3-2-4-8-16/h2-5,7-10,13,19H,6,11-12,14-15H2,1H3,(H,22,24)/t19-/m1/s1. The monoisotopic (exact) mass is 368 g/mol. The van der Waals surface area contributed by atoms with Crippen molar-refractivity contribution in [2.45, 2.75) is 32.0 Å². The molecule has 0 radical (unpaired) electrons. The fourth-order valence-corrected chi connectivity index (χ4v) is 3.15. The molecule has 2 amide bonds. The van der Waals surface area contributed by atoms with E-state index in [1.165, 1.54) is 4.90 Å². The van der Waals surface area contributed by atoms with Gasteiger partial charge in [0.2, 0.25) is 5.91 Å². The Balaban J connectivity index is 1.53. The summed E-state index contributed by atoms with van der Waals surface area (Å²) in [7, 11) is 1.61. The molecular weight excluding hydrogens is 344 g/mol. The molecule has 6 nitrogen and oxygen atoms in total. The Morgan fingerprint density at radius 3 is 2.67 bits per heavy atom. The van der Waals surface area contributed by atoms with E-state index in [9.17, 15) is 9.59 Å². The first-order valence-electron chi connectivity index (χ1n) is 9.05. The number of likely N-dealkylation sites (tertiary alicyclic amines) is 1. The molecule has 1 heterocycles. The van der Waals surface area contributed by atoms with Gasteiger partial charge in [-0.2, -0.15) is 0 Å². The molecule has 1 saturated heterocycles. The second-order valence-electron chi connectivity index (χ2n) is 6.46. The minimum atomic E-state index is -0.487. The largest absolute Gasteiger partial charge is 0.497 e. The number of nitrogens with zero attached hydrogens (tertiary/aromatic N) is 1. The van der Waals surface area contributed by atoms with Crippen molar-refractivity contribution in [2.24, 2.45) is 0 Å². The van der Waals surface area contributed by atoms with Gasteiger partial charge in [0.25, 0.3) is 0 Å². The number of carbonyl (C=O) groups is 2. The quantitative estimate of drug-likeness (QED) is 0.851. The van der Waals surface area contributed by atoms with Gasteiger partial charge in [0.1, 0.15) is 18.4 Å². The van der Waals surface area contributed by atoms with E-state index >= 15 is 0 Å². The smallest absolute Gasteiger partial charge is 0.410 e. The Hall–Kier alpha value is -3.02. The van der Waals surface area contributed by atoms with Crippen LogP contribution < -0.4 is 10.1 Å². The molecule has 3 rings (SSSR count). The van der Waals surface area contributed by atoms with Crippen molar-refractivity contribution in [2.75, 3.05) is 13.7 Å². The number of rotatable bonds is 6. The summed E-state index contributed by atoms with van der Waals surface area (Å²) in [4.78, 5) is 26.5. The van der Waals surface area contributed by atoms with E-state index in [1.807, 2.05) is 54.6 Å².